The van der Waals surface area contributed by atoms with Crippen LogP contribution in [0.25, 0.3) is 0 Å². The number of aliphatic imine (C=N–C) groups is 1. The molecule has 1 N–H and O–H groups in total. The Kier molecular flexibility index (Phi) is 5.20. The van der Waals surface area contributed by atoms with Crippen molar-refractivity contribution in [3.05, 3.63) is 66.0 Å². The number of aryl methyl sites for hydroxylation is 1. The van der Waals surface area contributed by atoms with Gasteiger partial charge in [0.2, 0.25) is 5.13 Å². The van der Waals surface area contributed by atoms with Gasteiger partial charge in [0.15, 0.2) is 0 Å². The molecule has 0 fully saturated rings. The van der Waals surface area contributed by atoms with Gasteiger partial charge in [0.1, 0.15) is 5.82 Å². The fourth-order valence-electron chi connectivity index (χ4n) is 2.01. The molecule has 0 saturated heterocycles. The van der Waals surface area contributed by atoms with Crippen molar-refractivity contribution in [2.45, 2.75) is 18.2 Å². The molecule has 3 rings (SSSR count). The van der Waals surface area contributed by atoms with Crippen LogP contribution in [0.3, 0.4) is 0 Å². The zero-order chi connectivity index (χ0) is 17.7. The van der Waals surface area contributed by atoms with Gasteiger partial charge in [-0.3, -0.25) is 9.71 Å². The van der Waals surface area contributed by atoms with E-state index in [4.69, 9.17) is 0 Å². The molecule has 0 aliphatic heterocycles. The second kappa shape index (κ2) is 7.54. The van der Waals surface area contributed by atoms with Gasteiger partial charge in [0.05, 0.1) is 10.6 Å². The first-order valence-electron chi connectivity index (χ1n) is 7.61. The molecule has 0 aliphatic carbocycles. The number of nitrogens with one attached hydrogen (secondary N) is 1. The van der Waals surface area contributed by atoms with Gasteiger partial charge in [-0.1, -0.05) is 37.3 Å². The lowest BCUT2D eigenvalue weighted by Gasteiger charge is -2.04. The highest BCUT2D eigenvalue weighted by Crippen LogP contribution is 2.18. The van der Waals surface area contributed by atoms with Crippen molar-refractivity contribution in [3.8, 4) is 0 Å². The van der Waals surface area contributed by atoms with Gasteiger partial charge in [-0.05, 0) is 29.8 Å². The number of nitrogens with zero attached hydrogens (tertiary/aromatic N) is 3. The summed E-state index contributed by atoms with van der Waals surface area (Å²) in [5.41, 5.74) is 1.65. The Balaban J connectivity index is 1.73. The Morgan fingerprint density at radius 3 is 2.48 bits per heavy atom. The van der Waals surface area contributed by atoms with E-state index in [1.165, 1.54) is 12.1 Å². The summed E-state index contributed by atoms with van der Waals surface area (Å²) >= 11 is 1.03. The molecule has 0 spiro atoms. The molecule has 3 aromatic rings. The van der Waals surface area contributed by atoms with Gasteiger partial charge < -0.3 is 0 Å². The summed E-state index contributed by atoms with van der Waals surface area (Å²) in [6, 6.07) is 16.0. The first kappa shape index (κ1) is 17.2. The second-order valence-electron chi connectivity index (χ2n) is 5.14. The van der Waals surface area contributed by atoms with E-state index < -0.39 is 10.0 Å². The number of hydrogen-bond donors (Lipinski definition) is 1. The highest BCUT2D eigenvalue weighted by Gasteiger charge is 2.16. The summed E-state index contributed by atoms with van der Waals surface area (Å²) in [7, 11) is -3.68. The van der Waals surface area contributed by atoms with Gasteiger partial charge in [0.25, 0.3) is 10.0 Å². The lowest BCUT2D eigenvalue weighted by molar-refractivity contribution is 0.601. The summed E-state index contributed by atoms with van der Waals surface area (Å²) in [5.74, 6) is 0.621. The Morgan fingerprint density at radius 1 is 1.12 bits per heavy atom. The quantitative estimate of drug-likeness (QED) is 0.669. The van der Waals surface area contributed by atoms with Crippen molar-refractivity contribution in [1.82, 2.24) is 9.36 Å². The van der Waals surface area contributed by atoms with Crippen LogP contribution >= 0.6 is 11.5 Å². The average Bonchev–Trinajstić information content (AvgIpc) is 3.08. The third-order valence-electron chi connectivity index (χ3n) is 3.32. The van der Waals surface area contributed by atoms with E-state index in [1.807, 2.05) is 37.3 Å². The number of para-hydroxylation sites is 1. The van der Waals surface area contributed by atoms with Crippen molar-refractivity contribution < 1.29 is 8.42 Å². The molecular weight excluding hydrogens is 356 g/mol. The topological polar surface area (TPSA) is 84.3 Å². The lowest BCUT2D eigenvalue weighted by Crippen LogP contribution is -2.12. The molecule has 128 valence electrons. The third kappa shape index (κ3) is 4.49. The van der Waals surface area contributed by atoms with Crippen LogP contribution in [0.2, 0.25) is 0 Å². The fourth-order valence-corrected chi connectivity index (χ4v) is 3.88. The van der Waals surface area contributed by atoms with Gasteiger partial charge >= 0.3 is 0 Å². The van der Waals surface area contributed by atoms with Crippen molar-refractivity contribution in [2.75, 3.05) is 4.72 Å². The molecule has 0 saturated carbocycles. The maximum absolute atomic E-state index is 12.4. The van der Waals surface area contributed by atoms with Crippen LogP contribution in [0.5, 0.6) is 0 Å². The normalized spacial score (nSPS) is 11.7. The summed E-state index contributed by atoms with van der Waals surface area (Å²) in [5, 5.41) is 0.270. The van der Waals surface area contributed by atoms with Gasteiger partial charge in [-0.15, -0.1) is 0 Å². The molecule has 6 nitrogen and oxygen atoms in total. The third-order valence-corrected chi connectivity index (χ3v) is 5.47. The minimum absolute atomic E-state index is 0.164. The monoisotopic (exact) mass is 372 g/mol. The summed E-state index contributed by atoms with van der Waals surface area (Å²) < 4.78 is 31.3. The first-order valence-corrected chi connectivity index (χ1v) is 9.87. The fraction of sp³-hybridized carbons (Fsp3) is 0.118. The van der Waals surface area contributed by atoms with Crippen molar-refractivity contribution in [3.63, 3.8) is 0 Å². The molecule has 2 aromatic carbocycles. The van der Waals surface area contributed by atoms with Crippen molar-refractivity contribution in [2.24, 2.45) is 4.99 Å². The molecule has 1 heterocycles. The molecule has 0 radical (unpaired) electrons. The van der Waals surface area contributed by atoms with Crippen LogP contribution in [0.1, 0.15) is 18.3 Å². The molecule has 0 unspecified atom stereocenters. The minimum atomic E-state index is -3.68. The number of benzene rings is 2. The highest BCUT2D eigenvalue weighted by molar-refractivity contribution is 7.93. The van der Waals surface area contributed by atoms with Crippen molar-refractivity contribution >= 4 is 38.6 Å². The lowest BCUT2D eigenvalue weighted by atomic mass is 10.2. The number of aromatic nitrogens is 2. The SMILES string of the molecule is CCc1nsc(NS(=O)(=O)c2ccc(C=Nc3ccccc3)cc2)n1. The molecule has 25 heavy (non-hydrogen) atoms. The predicted octanol–water partition coefficient (Wildman–Crippen LogP) is 3.65. The Bertz CT molecular complexity index is 965. The van der Waals surface area contributed by atoms with Crippen LogP contribution in [-0.2, 0) is 16.4 Å². The smallest absolute Gasteiger partial charge is 0.256 e. The molecule has 0 aliphatic rings. The number of hydrogen-bond acceptors (Lipinski definition) is 6. The van der Waals surface area contributed by atoms with Crippen LogP contribution < -0.4 is 4.72 Å². The second-order valence-corrected chi connectivity index (χ2v) is 7.57. The molecule has 1 aromatic heterocycles. The Labute approximate surface area is 150 Å². The van der Waals surface area contributed by atoms with Gasteiger partial charge in [-0.25, -0.2) is 13.4 Å². The van der Waals surface area contributed by atoms with E-state index in [1.54, 1.807) is 18.3 Å². The zero-order valence-corrected chi connectivity index (χ0v) is 15.1. The van der Waals surface area contributed by atoms with Crippen LogP contribution in [0.4, 0.5) is 10.8 Å². The molecular formula is C17H16N4O2S2. The van der Waals surface area contributed by atoms with Crippen molar-refractivity contribution in [1.29, 1.82) is 0 Å². The molecule has 0 amide bonds. The average molecular weight is 372 g/mol. The number of sulfonamides is 1. The molecule has 0 atom stereocenters. The van der Waals surface area contributed by atoms with E-state index in [-0.39, 0.29) is 10.0 Å². The first-order chi connectivity index (χ1) is 12.1. The summed E-state index contributed by atoms with van der Waals surface area (Å²) in [6.07, 6.45) is 2.35. The van der Waals surface area contributed by atoms with E-state index in [0.717, 1.165) is 22.8 Å². The Hall–Kier alpha value is -2.58. The van der Waals surface area contributed by atoms with E-state index in [0.29, 0.717) is 12.2 Å². The van der Waals surface area contributed by atoms with Gasteiger partial charge in [0, 0.05) is 24.2 Å². The number of rotatable bonds is 6. The summed E-state index contributed by atoms with van der Waals surface area (Å²) in [6.45, 7) is 1.91. The predicted molar refractivity (Wildman–Crippen MR) is 100 cm³/mol. The van der Waals surface area contributed by atoms with E-state index in [9.17, 15) is 8.42 Å². The van der Waals surface area contributed by atoms with Gasteiger partial charge in [-0.2, -0.15) is 4.37 Å². The largest absolute Gasteiger partial charge is 0.263 e. The van der Waals surface area contributed by atoms with Crippen LogP contribution in [-0.4, -0.2) is 24.0 Å². The Morgan fingerprint density at radius 2 is 1.84 bits per heavy atom. The zero-order valence-electron chi connectivity index (χ0n) is 13.5. The summed E-state index contributed by atoms with van der Waals surface area (Å²) in [4.78, 5) is 8.62. The standard InChI is InChI=1S/C17H16N4O2S2/c1-2-16-19-17(24-20-16)21-25(22,23)15-10-8-13(9-11-15)12-18-14-6-4-3-5-7-14/h3-12H,2H2,1H3,(H,19,20,21). The molecule has 0 bridgehead atoms. The number of anilines is 1. The minimum Gasteiger partial charge on any atom is -0.256 e. The van der Waals surface area contributed by atoms with Crippen LogP contribution in [0.15, 0.2) is 64.5 Å². The highest BCUT2D eigenvalue weighted by atomic mass is 32.2. The maximum Gasteiger partial charge on any atom is 0.263 e. The van der Waals surface area contributed by atoms with E-state index in [2.05, 4.69) is 19.1 Å². The van der Waals surface area contributed by atoms with Crippen LogP contribution in [0, 0.1) is 0 Å². The maximum atomic E-state index is 12.4. The van der Waals surface area contributed by atoms with E-state index >= 15 is 0 Å². The molecule has 8 heteroatoms.